The van der Waals surface area contributed by atoms with Gasteiger partial charge in [0, 0.05) is 32.1 Å². The number of ether oxygens (including phenoxy) is 1. The van der Waals surface area contributed by atoms with Crippen molar-refractivity contribution < 1.29 is 24.2 Å². The van der Waals surface area contributed by atoms with Crippen molar-refractivity contribution in [2.24, 2.45) is 0 Å². The maximum absolute atomic E-state index is 14.1. The van der Waals surface area contributed by atoms with Crippen LogP contribution in [0.15, 0.2) is 78.9 Å². The molecule has 0 saturated carbocycles. The van der Waals surface area contributed by atoms with Crippen LogP contribution in [0, 0.1) is 0 Å². The molecule has 3 aromatic rings. The Morgan fingerprint density at radius 3 is 2.15 bits per heavy atom. The molecule has 0 spiro atoms. The molecule has 0 bridgehead atoms. The van der Waals surface area contributed by atoms with Gasteiger partial charge in [-0.1, -0.05) is 78.9 Å². The number of carbonyl (C=O) groups excluding carboxylic acids is 2. The maximum Gasteiger partial charge on any atom is 0.408 e. The lowest BCUT2D eigenvalue weighted by Gasteiger charge is -2.40. The Morgan fingerprint density at radius 2 is 1.56 bits per heavy atom. The molecule has 214 valence electrons. The number of nitrogens with zero attached hydrogens (tertiary/aromatic N) is 2. The highest BCUT2D eigenvalue weighted by Crippen LogP contribution is 2.44. The Balaban J connectivity index is 1.37. The molecule has 8 heteroatoms. The van der Waals surface area contributed by atoms with E-state index in [4.69, 9.17) is 4.74 Å². The number of carbonyl (C=O) groups is 3. The number of hydrogen-bond acceptors (Lipinski definition) is 5. The van der Waals surface area contributed by atoms with Crippen molar-refractivity contribution in [1.82, 2.24) is 15.1 Å². The van der Waals surface area contributed by atoms with E-state index in [1.165, 1.54) is 18.7 Å². The molecule has 41 heavy (non-hydrogen) atoms. The van der Waals surface area contributed by atoms with Crippen LogP contribution in [0.1, 0.15) is 49.8 Å². The summed E-state index contributed by atoms with van der Waals surface area (Å²) in [5.41, 5.74) is 2.78. The number of likely N-dealkylation sites (N-methyl/N-ethyl adjacent to an activating group) is 1. The van der Waals surface area contributed by atoms with E-state index in [-0.39, 0.29) is 25.6 Å². The smallest absolute Gasteiger partial charge is 0.408 e. The standard InChI is InChI=1S/C33H37N3O5/c1-4-36(32(2,3)30(38)39)29(37)33(18-19-35(22-33)20-23-12-6-5-7-13-23)34-31(40)41-21-28-26-16-10-8-14-24(26)25-15-9-11-17-27(25)28/h5-17,28H,4,18-22H2,1-3H3,(H,34,40)(H,38,39). The molecule has 3 aromatic carbocycles. The topological polar surface area (TPSA) is 99.2 Å². The molecular formula is C33H37N3O5. The van der Waals surface area contributed by atoms with Gasteiger partial charge < -0.3 is 20.1 Å². The number of amides is 2. The quantitative estimate of drug-likeness (QED) is 0.391. The van der Waals surface area contributed by atoms with Crippen molar-refractivity contribution in [2.75, 3.05) is 26.2 Å². The first-order valence-corrected chi connectivity index (χ1v) is 14.1. The molecular weight excluding hydrogens is 518 g/mol. The van der Waals surface area contributed by atoms with Crippen molar-refractivity contribution in [2.45, 2.75) is 50.7 Å². The fourth-order valence-corrected chi connectivity index (χ4v) is 6.19. The molecule has 0 aromatic heterocycles. The van der Waals surface area contributed by atoms with Crippen molar-refractivity contribution >= 4 is 18.0 Å². The number of benzene rings is 3. The van der Waals surface area contributed by atoms with E-state index >= 15 is 0 Å². The molecule has 2 N–H and O–H groups in total. The van der Waals surface area contributed by atoms with E-state index in [2.05, 4.69) is 34.5 Å². The van der Waals surface area contributed by atoms with Crippen LogP contribution in [0.3, 0.4) is 0 Å². The van der Waals surface area contributed by atoms with Crippen LogP contribution in [0.5, 0.6) is 0 Å². The second kappa shape index (κ2) is 11.4. The summed E-state index contributed by atoms with van der Waals surface area (Å²) in [6.07, 6.45) is -0.347. The molecule has 1 fully saturated rings. The first-order valence-electron chi connectivity index (χ1n) is 14.1. The first kappa shape index (κ1) is 28.4. The first-order chi connectivity index (χ1) is 19.7. The van der Waals surface area contributed by atoms with Gasteiger partial charge in [0.2, 0.25) is 0 Å². The largest absolute Gasteiger partial charge is 0.480 e. The highest BCUT2D eigenvalue weighted by atomic mass is 16.5. The lowest BCUT2D eigenvalue weighted by atomic mass is 9.92. The van der Waals surface area contributed by atoms with Gasteiger partial charge in [0.15, 0.2) is 0 Å². The number of alkyl carbamates (subject to hydrolysis) is 1. The molecule has 1 aliphatic carbocycles. The molecule has 2 aliphatic rings. The zero-order valence-electron chi connectivity index (χ0n) is 23.8. The van der Waals surface area contributed by atoms with E-state index in [0.29, 0.717) is 19.5 Å². The minimum Gasteiger partial charge on any atom is -0.480 e. The fourth-order valence-electron chi connectivity index (χ4n) is 6.19. The van der Waals surface area contributed by atoms with Crippen LogP contribution in [-0.4, -0.2) is 70.2 Å². The highest BCUT2D eigenvalue weighted by molar-refractivity contribution is 5.94. The van der Waals surface area contributed by atoms with Gasteiger partial charge in [0.1, 0.15) is 17.7 Å². The summed E-state index contributed by atoms with van der Waals surface area (Å²) in [5.74, 6) is -1.64. The molecule has 5 rings (SSSR count). The summed E-state index contributed by atoms with van der Waals surface area (Å²) in [6.45, 7) is 6.49. The third-order valence-electron chi connectivity index (χ3n) is 8.45. The van der Waals surface area contributed by atoms with Crippen molar-refractivity contribution in [1.29, 1.82) is 0 Å². The number of rotatable bonds is 9. The van der Waals surface area contributed by atoms with Gasteiger partial charge in [0.05, 0.1) is 0 Å². The molecule has 1 heterocycles. The molecule has 0 radical (unpaired) electrons. The summed E-state index contributed by atoms with van der Waals surface area (Å²) in [6, 6.07) is 26.1. The number of carboxylic acid groups (broad SMARTS) is 1. The normalized spacial score (nSPS) is 18.4. The average molecular weight is 556 g/mol. The third kappa shape index (κ3) is 5.44. The van der Waals surface area contributed by atoms with Gasteiger partial charge >= 0.3 is 12.1 Å². The number of fused-ring (bicyclic) bond motifs is 3. The SMILES string of the molecule is CCN(C(=O)C1(NC(=O)OCC2c3ccccc3-c3ccccc32)CCN(Cc2ccccc2)C1)C(C)(C)C(=O)O. The van der Waals surface area contributed by atoms with Crippen LogP contribution in [0.4, 0.5) is 4.79 Å². The van der Waals surface area contributed by atoms with Gasteiger partial charge in [-0.05, 0) is 55.0 Å². The Hall–Kier alpha value is -4.17. The zero-order valence-corrected chi connectivity index (χ0v) is 23.8. The van der Waals surface area contributed by atoms with Gasteiger partial charge in [-0.25, -0.2) is 9.59 Å². The van der Waals surface area contributed by atoms with E-state index in [1.54, 1.807) is 6.92 Å². The van der Waals surface area contributed by atoms with E-state index in [9.17, 15) is 19.5 Å². The summed E-state index contributed by atoms with van der Waals surface area (Å²) in [5, 5.41) is 12.8. The minimum atomic E-state index is -1.45. The van der Waals surface area contributed by atoms with Crippen molar-refractivity contribution in [3.63, 3.8) is 0 Å². The van der Waals surface area contributed by atoms with E-state index in [0.717, 1.165) is 27.8 Å². The van der Waals surface area contributed by atoms with Gasteiger partial charge in [0.25, 0.3) is 5.91 Å². The summed E-state index contributed by atoms with van der Waals surface area (Å²) in [7, 11) is 0. The second-order valence-corrected chi connectivity index (χ2v) is 11.4. The van der Waals surface area contributed by atoms with Crippen molar-refractivity contribution in [3.8, 4) is 11.1 Å². The Labute approximate surface area is 240 Å². The maximum atomic E-state index is 14.1. The molecule has 1 saturated heterocycles. The predicted octanol–water partition coefficient (Wildman–Crippen LogP) is 4.88. The van der Waals surface area contributed by atoms with E-state index in [1.807, 2.05) is 54.6 Å². The van der Waals surface area contributed by atoms with Crippen LogP contribution < -0.4 is 5.32 Å². The Morgan fingerprint density at radius 1 is 0.976 bits per heavy atom. The molecule has 1 aliphatic heterocycles. The summed E-state index contributed by atoms with van der Waals surface area (Å²) < 4.78 is 5.82. The van der Waals surface area contributed by atoms with Crippen molar-refractivity contribution in [3.05, 3.63) is 95.6 Å². The summed E-state index contributed by atoms with van der Waals surface area (Å²) in [4.78, 5) is 43.1. The number of carboxylic acids is 1. The molecule has 2 amide bonds. The molecule has 1 unspecified atom stereocenters. The Bertz CT molecular complexity index is 1390. The van der Waals surface area contributed by atoms with Crippen LogP contribution in [0.2, 0.25) is 0 Å². The molecule has 1 atom stereocenters. The summed E-state index contributed by atoms with van der Waals surface area (Å²) >= 11 is 0. The lowest BCUT2D eigenvalue weighted by molar-refractivity contribution is -0.159. The predicted molar refractivity (Wildman–Crippen MR) is 156 cm³/mol. The Kier molecular flexibility index (Phi) is 7.87. The van der Waals surface area contributed by atoms with Gasteiger partial charge in [-0.3, -0.25) is 9.69 Å². The lowest BCUT2D eigenvalue weighted by Crippen LogP contribution is -2.66. The second-order valence-electron chi connectivity index (χ2n) is 11.4. The van der Waals surface area contributed by atoms with Crippen LogP contribution in [0.25, 0.3) is 11.1 Å². The fraction of sp³-hybridized carbons (Fsp3) is 0.364. The van der Waals surface area contributed by atoms with E-state index < -0.39 is 29.0 Å². The average Bonchev–Trinajstić information content (AvgIpc) is 3.52. The van der Waals surface area contributed by atoms with Crippen LogP contribution >= 0.6 is 0 Å². The monoisotopic (exact) mass is 555 g/mol. The van der Waals surface area contributed by atoms with Gasteiger partial charge in [-0.15, -0.1) is 0 Å². The minimum absolute atomic E-state index is 0.115. The van der Waals surface area contributed by atoms with Gasteiger partial charge in [-0.2, -0.15) is 0 Å². The molecule has 8 nitrogen and oxygen atoms in total. The number of nitrogens with one attached hydrogen (secondary N) is 1. The third-order valence-corrected chi connectivity index (χ3v) is 8.45. The number of hydrogen-bond donors (Lipinski definition) is 2. The number of aliphatic carboxylic acids is 1. The zero-order chi connectivity index (χ0) is 29.2. The highest BCUT2D eigenvalue weighted by Gasteiger charge is 2.51. The number of likely N-dealkylation sites (tertiary alicyclic amines) is 1. The van der Waals surface area contributed by atoms with Crippen LogP contribution in [-0.2, 0) is 20.9 Å².